The Labute approximate surface area is 140 Å². The zero-order valence-electron chi connectivity index (χ0n) is 14.7. The number of hydrogen-bond donors (Lipinski definition) is 0. The summed E-state index contributed by atoms with van der Waals surface area (Å²) in [6.07, 6.45) is 14.8. The van der Waals surface area contributed by atoms with E-state index in [2.05, 4.69) is 38.1 Å². The topological polar surface area (TPSA) is 0 Å². The van der Waals surface area contributed by atoms with E-state index >= 15 is 0 Å². The first-order valence-corrected chi connectivity index (χ1v) is 9.76. The minimum atomic E-state index is 0. The predicted molar refractivity (Wildman–Crippen MR) is 100 cm³/mol. The van der Waals surface area contributed by atoms with E-state index in [1.54, 1.807) is 0 Å². The Bertz CT molecular complexity index is 438. The number of hydrogen-bond acceptors (Lipinski definition) is 0. The van der Waals surface area contributed by atoms with E-state index in [1.807, 2.05) is 0 Å². The van der Waals surface area contributed by atoms with Crippen LogP contribution in [-0.2, 0) is 6.42 Å². The van der Waals surface area contributed by atoms with E-state index in [0.29, 0.717) is 0 Å². The third-order valence-corrected chi connectivity index (χ3v) is 6.58. The maximum absolute atomic E-state index is 2.44. The maximum Gasteiger partial charge on any atom is 0 e. The molecule has 2 aliphatic carbocycles. The molecule has 0 nitrogen and oxygen atoms in total. The zero-order valence-corrected chi connectivity index (χ0v) is 14.7. The van der Waals surface area contributed by atoms with Gasteiger partial charge in [-0.15, -0.1) is 0 Å². The highest BCUT2D eigenvalue weighted by molar-refractivity contribution is 5.21. The molecule has 0 radical (unpaired) electrons. The fourth-order valence-electron chi connectivity index (χ4n) is 4.83. The van der Waals surface area contributed by atoms with Crippen LogP contribution in [0.2, 0.25) is 0 Å². The Balaban J connectivity index is 0.00000144. The van der Waals surface area contributed by atoms with Gasteiger partial charge in [-0.05, 0) is 74.7 Å². The molecule has 2 aliphatic rings. The number of benzene rings is 1. The second-order valence-corrected chi connectivity index (χ2v) is 8.33. The average molecular weight is 303 g/mol. The second-order valence-electron chi connectivity index (χ2n) is 8.33. The summed E-state index contributed by atoms with van der Waals surface area (Å²) in [5, 5.41) is 0. The predicted octanol–water partition coefficient (Wildman–Crippen LogP) is 7.05. The van der Waals surface area contributed by atoms with Gasteiger partial charge in [-0.2, -0.15) is 0 Å². The molecule has 0 spiro atoms. The molecule has 0 unspecified atom stereocenters. The minimum Gasteiger partial charge on any atom is -0.0625 e. The van der Waals surface area contributed by atoms with Crippen molar-refractivity contribution < 1.29 is 2.85 Å². The molecule has 0 bridgehead atoms. The summed E-state index contributed by atoms with van der Waals surface area (Å²) in [5.74, 6) is 4.15. The van der Waals surface area contributed by atoms with Crippen LogP contribution in [0, 0.1) is 30.6 Å². The van der Waals surface area contributed by atoms with Crippen LogP contribution < -0.4 is 0 Å². The van der Waals surface area contributed by atoms with E-state index in [1.165, 1.54) is 75.3 Å². The van der Waals surface area contributed by atoms with Gasteiger partial charge in [0.2, 0.25) is 0 Å². The SMILES string of the molecule is Cc1ccc(CCC2CCC(C3CCC(C)CC3)CC2)cc1.[HH].[HH]. The van der Waals surface area contributed by atoms with E-state index in [4.69, 9.17) is 0 Å². The summed E-state index contributed by atoms with van der Waals surface area (Å²) in [6, 6.07) is 9.17. The summed E-state index contributed by atoms with van der Waals surface area (Å²) in [7, 11) is 0. The molecule has 2 saturated carbocycles. The molecule has 0 aromatic heterocycles. The molecule has 3 rings (SSSR count). The molecular weight excluding hydrogens is 264 g/mol. The molecule has 0 aliphatic heterocycles. The highest BCUT2D eigenvalue weighted by Gasteiger charge is 2.29. The molecule has 2 fully saturated rings. The Morgan fingerprint density at radius 3 is 1.95 bits per heavy atom. The van der Waals surface area contributed by atoms with Gasteiger partial charge in [0.15, 0.2) is 0 Å². The van der Waals surface area contributed by atoms with Crippen molar-refractivity contribution in [3.05, 3.63) is 35.4 Å². The second kappa shape index (κ2) is 7.66. The summed E-state index contributed by atoms with van der Waals surface area (Å²) < 4.78 is 0. The van der Waals surface area contributed by atoms with Crippen molar-refractivity contribution in [2.45, 2.75) is 78.1 Å². The Morgan fingerprint density at radius 1 is 0.818 bits per heavy atom. The van der Waals surface area contributed by atoms with Crippen molar-refractivity contribution in [1.82, 2.24) is 0 Å². The van der Waals surface area contributed by atoms with Gasteiger partial charge in [0.05, 0.1) is 0 Å². The van der Waals surface area contributed by atoms with Crippen molar-refractivity contribution in [3.63, 3.8) is 0 Å². The van der Waals surface area contributed by atoms with E-state index in [-0.39, 0.29) is 2.85 Å². The maximum atomic E-state index is 2.44. The first-order chi connectivity index (χ1) is 10.7. The van der Waals surface area contributed by atoms with Gasteiger partial charge in [-0.3, -0.25) is 0 Å². The van der Waals surface area contributed by atoms with Gasteiger partial charge in [0, 0.05) is 2.85 Å². The monoisotopic (exact) mass is 302 g/mol. The lowest BCUT2D eigenvalue weighted by Crippen LogP contribution is -2.25. The molecule has 1 aromatic carbocycles. The lowest BCUT2D eigenvalue weighted by Gasteiger charge is -2.37. The van der Waals surface area contributed by atoms with Gasteiger partial charge in [0.25, 0.3) is 0 Å². The molecule has 0 amide bonds. The van der Waals surface area contributed by atoms with Crippen molar-refractivity contribution in [2.24, 2.45) is 23.7 Å². The largest absolute Gasteiger partial charge is 0.0625 e. The fourth-order valence-corrected chi connectivity index (χ4v) is 4.83. The quantitative estimate of drug-likeness (QED) is 0.559. The Kier molecular flexibility index (Phi) is 5.61. The van der Waals surface area contributed by atoms with Gasteiger partial charge in [0.1, 0.15) is 0 Å². The van der Waals surface area contributed by atoms with Crippen LogP contribution in [0.3, 0.4) is 0 Å². The van der Waals surface area contributed by atoms with Crippen LogP contribution in [-0.4, -0.2) is 0 Å². The van der Waals surface area contributed by atoms with Gasteiger partial charge < -0.3 is 0 Å². The standard InChI is InChI=1S/C22H34.2H2/c1-17-3-7-19(8-4-17)9-10-20-11-15-22(16-12-20)21-13-5-18(2)6-14-21;;/h3-4,7-8,18,20-22H,5-6,9-16H2,1-2H3;2*1H. The average Bonchev–Trinajstić information content (AvgIpc) is 2.56. The Morgan fingerprint density at radius 2 is 1.36 bits per heavy atom. The number of rotatable bonds is 4. The normalized spacial score (nSPS) is 32.8. The highest BCUT2D eigenvalue weighted by Crippen LogP contribution is 2.42. The van der Waals surface area contributed by atoms with Crippen LogP contribution >= 0.6 is 0 Å². The summed E-state index contributed by atoms with van der Waals surface area (Å²) in [5.41, 5.74) is 2.92. The fraction of sp³-hybridized carbons (Fsp3) is 0.727. The van der Waals surface area contributed by atoms with Crippen molar-refractivity contribution in [2.75, 3.05) is 0 Å². The first kappa shape index (κ1) is 16.1. The molecule has 0 heterocycles. The highest BCUT2D eigenvalue weighted by atomic mass is 14.3. The van der Waals surface area contributed by atoms with Gasteiger partial charge in [-0.25, -0.2) is 0 Å². The smallest absolute Gasteiger partial charge is 0 e. The van der Waals surface area contributed by atoms with Crippen LogP contribution in [0.15, 0.2) is 24.3 Å². The Hall–Kier alpha value is -0.780. The van der Waals surface area contributed by atoms with Crippen molar-refractivity contribution in [3.8, 4) is 0 Å². The van der Waals surface area contributed by atoms with Crippen LogP contribution in [0.5, 0.6) is 0 Å². The third kappa shape index (κ3) is 4.37. The van der Waals surface area contributed by atoms with Gasteiger partial charge >= 0.3 is 0 Å². The molecule has 22 heavy (non-hydrogen) atoms. The molecule has 1 aromatic rings. The van der Waals surface area contributed by atoms with E-state index in [0.717, 1.165) is 23.7 Å². The lowest BCUT2D eigenvalue weighted by atomic mass is 9.69. The molecule has 126 valence electrons. The van der Waals surface area contributed by atoms with Crippen LogP contribution in [0.25, 0.3) is 0 Å². The minimum absolute atomic E-state index is 0. The van der Waals surface area contributed by atoms with Crippen LogP contribution in [0.4, 0.5) is 0 Å². The summed E-state index contributed by atoms with van der Waals surface area (Å²) in [4.78, 5) is 0. The zero-order chi connectivity index (χ0) is 15.4. The summed E-state index contributed by atoms with van der Waals surface area (Å²) in [6.45, 7) is 4.62. The molecular formula is C22H38. The van der Waals surface area contributed by atoms with Crippen molar-refractivity contribution >= 4 is 0 Å². The molecule has 0 heteroatoms. The first-order valence-electron chi connectivity index (χ1n) is 9.76. The molecule has 0 atom stereocenters. The van der Waals surface area contributed by atoms with E-state index < -0.39 is 0 Å². The van der Waals surface area contributed by atoms with Crippen molar-refractivity contribution in [1.29, 1.82) is 0 Å². The van der Waals surface area contributed by atoms with E-state index in [9.17, 15) is 0 Å². The lowest BCUT2D eigenvalue weighted by molar-refractivity contribution is 0.148. The summed E-state index contributed by atoms with van der Waals surface area (Å²) >= 11 is 0. The molecule has 0 saturated heterocycles. The number of aryl methyl sites for hydroxylation is 2. The molecule has 0 N–H and O–H groups in total. The van der Waals surface area contributed by atoms with Crippen LogP contribution in [0.1, 0.15) is 78.7 Å². The third-order valence-electron chi connectivity index (χ3n) is 6.58. The van der Waals surface area contributed by atoms with Gasteiger partial charge in [-0.1, -0.05) is 62.4 Å².